The fraction of sp³-hybridized carbons (Fsp3) is 0.200. The molecule has 1 unspecified atom stereocenters. The molecule has 0 saturated carbocycles. The molecule has 0 saturated heterocycles. The van der Waals surface area contributed by atoms with Gasteiger partial charge in [-0.2, -0.15) is 0 Å². The van der Waals surface area contributed by atoms with Crippen LogP contribution in [0.1, 0.15) is 11.6 Å². The van der Waals surface area contributed by atoms with E-state index in [2.05, 4.69) is 4.98 Å². The molecule has 0 amide bonds. The van der Waals surface area contributed by atoms with Gasteiger partial charge >= 0.3 is 0 Å². The summed E-state index contributed by atoms with van der Waals surface area (Å²) in [5, 5.41) is 0.935. The smallest absolute Gasteiger partial charge is 0.125 e. The lowest BCUT2D eigenvalue weighted by atomic mass is 10.1. The van der Waals surface area contributed by atoms with E-state index in [1.165, 1.54) is 12.1 Å². The number of nitrogens with one attached hydrogen (secondary N) is 1. The number of benzene rings is 1. The molecule has 74 valence electrons. The molecule has 3 nitrogen and oxygen atoms in total. The second-order valence-corrected chi connectivity index (χ2v) is 3.28. The molecule has 14 heavy (non-hydrogen) atoms. The van der Waals surface area contributed by atoms with Crippen LogP contribution in [0.4, 0.5) is 4.39 Å². The topological polar surface area (TPSA) is 67.8 Å². The highest BCUT2D eigenvalue weighted by molar-refractivity contribution is 5.83. The Kier molecular flexibility index (Phi) is 2.23. The Labute approximate surface area is 80.9 Å². The van der Waals surface area contributed by atoms with Crippen molar-refractivity contribution in [3.05, 3.63) is 35.8 Å². The van der Waals surface area contributed by atoms with Gasteiger partial charge in [0.15, 0.2) is 0 Å². The van der Waals surface area contributed by atoms with E-state index < -0.39 is 0 Å². The zero-order valence-corrected chi connectivity index (χ0v) is 7.63. The van der Waals surface area contributed by atoms with Crippen molar-refractivity contribution < 1.29 is 4.39 Å². The van der Waals surface area contributed by atoms with E-state index >= 15 is 0 Å². The third-order valence-corrected chi connectivity index (χ3v) is 2.33. The van der Waals surface area contributed by atoms with Gasteiger partial charge in [0.25, 0.3) is 0 Å². The Balaban J connectivity index is 2.58. The van der Waals surface area contributed by atoms with Gasteiger partial charge in [-0.15, -0.1) is 0 Å². The lowest BCUT2D eigenvalue weighted by molar-refractivity contribution is 0.629. The molecule has 2 rings (SSSR count). The van der Waals surface area contributed by atoms with Gasteiger partial charge in [-0.1, -0.05) is 0 Å². The van der Waals surface area contributed by atoms with Gasteiger partial charge in [-0.05, 0) is 23.8 Å². The van der Waals surface area contributed by atoms with Crippen LogP contribution < -0.4 is 11.5 Å². The first-order chi connectivity index (χ1) is 6.72. The van der Waals surface area contributed by atoms with Crippen molar-refractivity contribution in [3.8, 4) is 0 Å². The molecule has 1 atom stereocenters. The molecule has 1 aromatic carbocycles. The number of fused-ring (bicyclic) bond motifs is 1. The summed E-state index contributed by atoms with van der Waals surface area (Å²) in [6.07, 6.45) is 1.78. The SMILES string of the molecule is NCC(N)c1c[nH]c2cc(F)ccc12. The minimum atomic E-state index is -0.257. The van der Waals surface area contributed by atoms with Crippen LogP contribution in [-0.2, 0) is 0 Å². The summed E-state index contributed by atoms with van der Waals surface area (Å²) in [5.74, 6) is -0.257. The van der Waals surface area contributed by atoms with Gasteiger partial charge in [-0.3, -0.25) is 0 Å². The van der Waals surface area contributed by atoms with E-state index in [1.54, 1.807) is 12.3 Å². The van der Waals surface area contributed by atoms with E-state index in [9.17, 15) is 4.39 Å². The summed E-state index contributed by atoms with van der Waals surface area (Å²) < 4.78 is 12.9. The monoisotopic (exact) mass is 193 g/mol. The van der Waals surface area contributed by atoms with Crippen LogP contribution in [-0.4, -0.2) is 11.5 Å². The molecule has 0 aliphatic rings. The fourth-order valence-corrected chi connectivity index (χ4v) is 1.55. The molecule has 1 aromatic heterocycles. The number of rotatable bonds is 2. The summed E-state index contributed by atoms with van der Waals surface area (Å²) in [4.78, 5) is 2.97. The van der Waals surface area contributed by atoms with Crippen molar-refractivity contribution in [2.75, 3.05) is 6.54 Å². The van der Waals surface area contributed by atoms with Gasteiger partial charge in [0, 0.05) is 29.7 Å². The summed E-state index contributed by atoms with van der Waals surface area (Å²) >= 11 is 0. The largest absolute Gasteiger partial charge is 0.361 e. The first-order valence-electron chi connectivity index (χ1n) is 4.44. The molecule has 1 heterocycles. The number of hydrogen-bond donors (Lipinski definition) is 3. The molecule has 4 heteroatoms. The van der Waals surface area contributed by atoms with Gasteiger partial charge in [0.1, 0.15) is 5.82 Å². The first kappa shape index (κ1) is 9.18. The Hall–Kier alpha value is -1.39. The number of aromatic amines is 1. The molecule has 5 N–H and O–H groups in total. The fourth-order valence-electron chi connectivity index (χ4n) is 1.55. The van der Waals surface area contributed by atoms with Crippen LogP contribution in [0.2, 0.25) is 0 Å². The zero-order valence-electron chi connectivity index (χ0n) is 7.63. The lowest BCUT2D eigenvalue weighted by Crippen LogP contribution is -2.20. The van der Waals surface area contributed by atoms with Crippen LogP contribution in [0.5, 0.6) is 0 Å². The molecular weight excluding hydrogens is 181 g/mol. The molecular formula is C10H12FN3. The highest BCUT2D eigenvalue weighted by atomic mass is 19.1. The van der Waals surface area contributed by atoms with Gasteiger partial charge in [-0.25, -0.2) is 4.39 Å². The van der Waals surface area contributed by atoms with Crippen LogP contribution in [0.3, 0.4) is 0 Å². The van der Waals surface area contributed by atoms with Gasteiger partial charge < -0.3 is 16.5 Å². The minimum Gasteiger partial charge on any atom is -0.361 e. The normalized spacial score (nSPS) is 13.4. The lowest BCUT2D eigenvalue weighted by Gasteiger charge is -2.06. The van der Waals surface area contributed by atoms with Crippen LogP contribution in [0.25, 0.3) is 10.9 Å². The molecule has 0 aliphatic carbocycles. The number of hydrogen-bond acceptors (Lipinski definition) is 2. The summed E-state index contributed by atoms with van der Waals surface area (Å²) in [6, 6.07) is 4.38. The average molecular weight is 193 g/mol. The Bertz CT molecular complexity index is 450. The molecule has 0 spiro atoms. The third-order valence-electron chi connectivity index (χ3n) is 2.33. The van der Waals surface area contributed by atoms with Crippen molar-refractivity contribution in [1.29, 1.82) is 0 Å². The first-order valence-corrected chi connectivity index (χ1v) is 4.44. The maximum Gasteiger partial charge on any atom is 0.125 e. The third kappa shape index (κ3) is 1.38. The van der Waals surface area contributed by atoms with Crippen molar-refractivity contribution in [1.82, 2.24) is 4.98 Å². The maximum atomic E-state index is 12.9. The number of nitrogens with two attached hydrogens (primary N) is 2. The van der Waals surface area contributed by atoms with Gasteiger partial charge in [0.2, 0.25) is 0 Å². The van der Waals surface area contributed by atoms with Gasteiger partial charge in [0.05, 0.1) is 0 Å². The quantitative estimate of drug-likeness (QED) is 0.672. The second-order valence-electron chi connectivity index (χ2n) is 3.28. The highest BCUT2D eigenvalue weighted by Crippen LogP contribution is 2.22. The Morgan fingerprint density at radius 1 is 1.43 bits per heavy atom. The highest BCUT2D eigenvalue weighted by Gasteiger charge is 2.09. The number of halogens is 1. The van der Waals surface area contributed by atoms with E-state index in [0.717, 1.165) is 16.5 Å². The van der Waals surface area contributed by atoms with Crippen LogP contribution >= 0.6 is 0 Å². The van der Waals surface area contributed by atoms with E-state index in [0.29, 0.717) is 6.54 Å². The van der Waals surface area contributed by atoms with Crippen molar-refractivity contribution in [2.24, 2.45) is 11.5 Å². The number of H-pyrrole nitrogens is 1. The predicted molar refractivity (Wildman–Crippen MR) is 54.2 cm³/mol. The minimum absolute atomic E-state index is 0.200. The molecule has 0 bridgehead atoms. The summed E-state index contributed by atoms with van der Waals surface area (Å²) in [5.41, 5.74) is 13.0. The maximum absolute atomic E-state index is 12.9. The zero-order chi connectivity index (χ0) is 10.1. The number of aromatic nitrogens is 1. The Morgan fingerprint density at radius 3 is 2.93 bits per heavy atom. The summed E-state index contributed by atoms with van der Waals surface area (Å²) in [7, 11) is 0. The standard InChI is InChI=1S/C10H12FN3/c11-6-1-2-7-8(9(13)4-12)5-14-10(7)3-6/h1-3,5,9,14H,4,12-13H2. The van der Waals surface area contributed by atoms with E-state index in [4.69, 9.17) is 11.5 Å². The van der Waals surface area contributed by atoms with Crippen molar-refractivity contribution >= 4 is 10.9 Å². The van der Waals surface area contributed by atoms with E-state index in [-0.39, 0.29) is 11.9 Å². The molecule has 0 radical (unpaired) electrons. The van der Waals surface area contributed by atoms with Crippen LogP contribution in [0.15, 0.2) is 24.4 Å². The molecule has 0 aliphatic heterocycles. The van der Waals surface area contributed by atoms with E-state index in [1.807, 2.05) is 0 Å². The second kappa shape index (κ2) is 3.40. The van der Waals surface area contributed by atoms with Crippen molar-refractivity contribution in [2.45, 2.75) is 6.04 Å². The molecule has 0 fully saturated rings. The van der Waals surface area contributed by atoms with Crippen molar-refractivity contribution in [3.63, 3.8) is 0 Å². The predicted octanol–water partition coefficient (Wildman–Crippen LogP) is 1.27. The van der Waals surface area contributed by atoms with Crippen LogP contribution in [0, 0.1) is 5.82 Å². The summed E-state index contributed by atoms with van der Waals surface area (Å²) in [6.45, 7) is 0.379. The average Bonchev–Trinajstić information content (AvgIpc) is 2.59. The Morgan fingerprint density at radius 2 is 2.21 bits per heavy atom. The molecule has 2 aromatic rings.